The van der Waals surface area contributed by atoms with Gasteiger partial charge in [0, 0.05) is 11.9 Å². The highest BCUT2D eigenvalue weighted by atomic mass is 15.0. The predicted octanol–water partition coefficient (Wildman–Crippen LogP) is 3.10. The molecule has 0 aliphatic carbocycles. The van der Waals surface area contributed by atoms with E-state index in [1.165, 1.54) is 11.1 Å². The largest absolute Gasteiger partial charge is 0.384 e. The Morgan fingerprint density at radius 2 is 2.05 bits per heavy atom. The van der Waals surface area contributed by atoms with E-state index in [4.69, 9.17) is 5.73 Å². The lowest BCUT2D eigenvalue weighted by Gasteiger charge is -2.13. The SMILES string of the molecule is Cc1ccc(C(C)C)cc1NCc1nccc(N)n1. The Hall–Kier alpha value is -2.10. The van der Waals surface area contributed by atoms with Crippen LogP contribution >= 0.6 is 0 Å². The second kappa shape index (κ2) is 5.69. The smallest absolute Gasteiger partial charge is 0.149 e. The van der Waals surface area contributed by atoms with Gasteiger partial charge in [-0.25, -0.2) is 9.97 Å². The highest BCUT2D eigenvalue weighted by molar-refractivity contribution is 5.53. The molecule has 2 rings (SSSR count). The zero-order chi connectivity index (χ0) is 13.8. The minimum atomic E-state index is 0.499. The topological polar surface area (TPSA) is 63.8 Å². The number of nitrogens with one attached hydrogen (secondary N) is 1. The summed E-state index contributed by atoms with van der Waals surface area (Å²) in [5.74, 6) is 1.72. The molecule has 0 amide bonds. The Bertz CT molecular complexity index is 564. The van der Waals surface area contributed by atoms with Gasteiger partial charge in [0.15, 0.2) is 0 Å². The number of nitrogens with zero attached hydrogens (tertiary/aromatic N) is 2. The molecule has 1 heterocycles. The van der Waals surface area contributed by atoms with Crippen LogP contribution in [0.4, 0.5) is 11.5 Å². The Kier molecular flexibility index (Phi) is 4.00. The van der Waals surface area contributed by atoms with Gasteiger partial charge in [0.25, 0.3) is 0 Å². The lowest BCUT2D eigenvalue weighted by atomic mass is 10.0. The van der Waals surface area contributed by atoms with Crippen molar-refractivity contribution >= 4 is 11.5 Å². The molecule has 19 heavy (non-hydrogen) atoms. The molecule has 100 valence electrons. The van der Waals surface area contributed by atoms with Gasteiger partial charge >= 0.3 is 0 Å². The van der Waals surface area contributed by atoms with Gasteiger partial charge in [0.1, 0.15) is 11.6 Å². The number of benzene rings is 1. The average molecular weight is 256 g/mol. The van der Waals surface area contributed by atoms with E-state index in [1.807, 2.05) is 0 Å². The molecule has 3 N–H and O–H groups in total. The molecule has 0 spiro atoms. The van der Waals surface area contributed by atoms with Gasteiger partial charge in [-0.2, -0.15) is 0 Å². The van der Waals surface area contributed by atoms with Crippen LogP contribution in [-0.2, 0) is 6.54 Å². The summed E-state index contributed by atoms with van der Waals surface area (Å²) in [6.45, 7) is 7.05. The van der Waals surface area contributed by atoms with Gasteiger partial charge in [-0.1, -0.05) is 26.0 Å². The molecule has 0 fully saturated rings. The maximum atomic E-state index is 5.64. The third-order valence-corrected chi connectivity index (χ3v) is 3.09. The highest BCUT2D eigenvalue weighted by Gasteiger charge is 2.04. The van der Waals surface area contributed by atoms with Crippen LogP contribution in [0.3, 0.4) is 0 Å². The van der Waals surface area contributed by atoms with Crippen molar-refractivity contribution in [2.75, 3.05) is 11.1 Å². The third kappa shape index (κ3) is 3.44. The minimum Gasteiger partial charge on any atom is -0.384 e. The molecule has 1 aromatic heterocycles. The Morgan fingerprint density at radius 3 is 2.74 bits per heavy atom. The van der Waals surface area contributed by atoms with Crippen molar-refractivity contribution in [1.82, 2.24) is 9.97 Å². The van der Waals surface area contributed by atoms with E-state index in [0.717, 1.165) is 5.69 Å². The number of aromatic nitrogens is 2. The first-order valence-electron chi connectivity index (χ1n) is 6.48. The van der Waals surface area contributed by atoms with E-state index in [2.05, 4.69) is 54.3 Å². The second-order valence-electron chi connectivity index (χ2n) is 4.98. The fourth-order valence-corrected chi connectivity index (χ4v) is 1.86. The Labute approximate surface area is 114 Å². The Balaban J connectivity index is 2.12. The third-order valence-electron chi connectivity index (χ3n) is 3.09. The van der Waals surface area contributed by atoms with E-state index in [-0.39, 0.29) is 0 Å². The fourth-order valence-electron chi connectivity index (χ4n) is 1.86. The molecule has 4 heteroatoms. The molecule has 2 aromatic rings. The van der Waals surface area contributed by atoms with Crippen LogP contribution < -0.4 is 11.1 Å². The van der Waals surface area contributed by atoms with Crippen LogP contribution in [0.2, 0.25) is 0 Å². The number of nitrogen functional groups attached to an aromatic ring is 1. The van der Waals surface area contributed by atoms with Gasteiger partial charge in [0.05, 0.1) is 6.54 Å². The summed E-state index contributed by atoms with van der Waals surface area (Å²) in [4.78, 5) is 8.37. The zero-order valence-corrected chi connectivity index (χ0v) is 11.6. The van der Waals surface area contributed by atoms with Crippen LogP contribution in [0.5, 0.6) is 0 Å². The molecule has 0 aliphatic rings. The van der Waals surface area contributed by atoms with Crippen molar-refractivity contribution in [2.24, 2.45) is 0 Å². The van der Waals surface area contributed by atoms with Crippen LogP contribution in [0.25, 0.3) is 0 Å². The quantitative estimate of drug-likeness (QED) is 0.882. The summed E-state index contributed by atoms with van der Waals surface area (Å²) >= 11 is 0. The summed E-state index contributed by atoms with van der Waals surface area (Å²) in [6.07, 6.45) is 1.68. The van der Waals surface area contributed by atoms with Gasteiger partial charge in [-0.05, 0) is 36.1 Å². The number of anilines is 2. The van der Waals surface area contributed by atoms with E-state index < -0.39 is 0 Å². The standard InChI is InChI=1S/C15H20N4/c1-10(2)12-5-4-11(3)13(8-12)18-9-15-17-7-6-14(16)19-15/h4-8,10,18H,9H2,1-3H3,(H2,16,17,19). The van der Waals surface area contributed by atoms with E-state index in [1.54, 1.807) is 12.3 Å². The van der Waals surface area contributed by atoms with E-state index >= 15 is 0 Å². The second-order valence-corrected chi connectivity index (χ2v) is 4.98. The molecule has 4 nitrogen and oxygen atoms in total. The summed E-state index contributed by atoms with van der Waals surface area (Å²) in [7, 11) is 0. The first-order chi connectivity index (χ1) is 9.06. The van der Waals surface area contributed by atoms with Crippen molar-refractivity contribution in [2.45, 2.75) is 33.2 Å². The van der Waals surface area contributed by atoms with Crippen molar-refractivity contribution in [3.8, 4) is 0 Å². The van der Waals surface area contributed by atoms with Crippen molar-refractivity contribution in [1.29, 1.82) is 0 Å². The van der Waals surface area contributed by atoms with Crippen LogP contribution in [-0.4, -0.2) is 9.97 Å². The molecular weight excluding hydrogens is 236 g/mol. The average Bonchev–Trinajstić information content (AvgIpc) is 2.37. The minimum absolute atomic E-state index is 0.499. The monoisotopic (exact) mass is 256 g/mol. The Morgan fingerprint density at radius 1 is 1.26 bits per heavy atom. The molecule has 1 aromatic carbocycles. The van der Waals surface area contributed by atoms with Crippen molar-refractivity contribution in [3.63, 3.8) is 0 Å². The number of hydrogen-bond acceptors (Lipinski definition) is 4. The first kappa shape index (κ1) is 13.3. The van der Waals surface area contributed by atoms with E-state index in [0.29, 0.717) is 24.1 Å². The predicted molar refractivity (Wildman–Crippen MR) is 79.0 cm³/mol. The van der Waals surface area contributed by atoms with Crippen molar-refractivity contribution < 1.29 is 0 Å². The van der Waals surface area contributed by atoms with Crippen LogP contribution in [0.1, 0.15) is 36.7 Å². The molecule has 0 saturated heterocycles. The number of aryl methyl sites for hydroxylation is 1. The molecule has 0 unspecified atom stereocenters. The normalized spacial score (nSPS) is 10.7. The summed E-state index contributed by atoms with van der Waals surface area (Å²) in [5, 5.41) is 3.37. The van der Waals surface area contributed by atoms with Crippen LogP contribution in [0, 0.1) is 6.92 Å². The van der Waals surface area contributed by atoms with Gasteiger partial charge in [0.2, 0.25) is 0 Å². The first-order valence-corrected chi connectivity index (χ1v) is 6.48. The van der Waals surface area contributed by atoms with Gasteiger partial charge < -0.3 is 11.1 Å². The number of nitrogens with two attached hydrogens (primary N) is 1. The molecule has 0 bridgehead atoms. The summed E-state index contributed by atoms with van der Waals surface area (Å²) in [6, 6.07) is 8.18. The fraction of sp³-hybridized carbons (Fsp3) is 0.333. The lowest BCUT2D eigenvalue weighted by molar-refractivity contribution is 0.865. The zero-order valence-electron chi connectivity index (χ0n) is 11.6. The molecule has 0 saturated carbocycles. The van der Waals surface area contributed by atoms with Crippen LogP contribution in [0.15, 0.2) is 30.5 Å². The van der Waals surface area contributed by atoms with E-state index in [9.17, 15) is 0 Å². The highest BCUT2D eigenvalue weighted by Crippen LogP contribution is 2.22. The summed E-state index contributed by atoms with van der Waals surface area (Å²) in [5.41, 5.74) is 9.30. The maximum absolute atomic E-state index is 5.64. The van der Waals surface area contributed by atoms with Crippen molar-refractivity contribution in [3.05, 3.63) is 47.4 Å². The van der Waals surface area contributed by atoms with Gasteiger partial charge in [-0.15, -0.1) is 0 Å². The maximum Gasteiger partial charge on any atom is 0.149 e. The number of hydrogen-bond donors (Lipinski definition) is 2. The van der Waals surface area contributed by atoms with Gasteiger partial charge in [-0.3, -0.25) is 0 Å². The lowest BCUT2D eigenvalue weighted by Crippen LogP contribution is -2.07. The molecular formula is C15H20N4. The molecule has 0 atom stereocenters. The summed E-state index contributed by atoms with van der Waals surface area (Å²) < 4.78 is 0. The number of rotatable bonds is 4. The molecule has 0 radical (unpaired) electrons. The molecule has 0 aliphatic heterocycles.